The maximum absolute atomic E-state index is 14.4. The number of thiazole rings is 1. The van der Waals surface area contributed by atoms with E-state index in [1.165, 1.54) is 29.7 Å². The summed E-state index contributed by atoms with van der Waals surface area (Å²) in [6, 6.07) is 10.7. The van der Waals surface area contributed by atoms with Crippen molar-refractivity contribution in [3.05, 3.63) is 110 Å². The molecule has 3 aliphatic rings. The highest BCUT2D eigenvalue weighted by Gasteiger charge is 2.42. The van der Waals surface area contributed by atoms with E-state index in [2.05, 4.69) is 20.2 Å². The molecule has 0 bridgehead atoms. The molecule has 2 atom stereocenters. The second kappa shape index (κ2) is 13.5. The number of benzene rings is 2. The van der Waals surface area contributed by atoms with Crippen LogP contribution >= 0.6 is 22.9 Å². The number of pyridine rings is 1. The number of hydrogen-bond acceptors (Lipinski definition) is 10. The number of aliphatic imine (C=N–C) groups is 1. The number of aliphatic carboxylic acids is 1. The number of aromatic nitrogens is 2. The topological polar surface area (TPSA) is 161 Å². The molecular weight excluding hydrogens is 689 g/mol. The fraction of sp³-hybridized carbons (Fsp3) is 0.235. The largest absolute Gasteiger partial charge is 0.478 e. The predicted octanol–water partition coefficient (Wildman–Crippen LogP) is 5.19. The number of carbonyl (C=O) groups excluding carboxylic acids is 1. The minimum Gasteiger partial charge on any atom is -0.478 e. The van der Waals surface area contributed by atoms with Crippen LogP contribution in [-0.2, 0) is 4.79 Å². The normalized spacial score (nSPS) is 19.3. The summed E-state index contributed by atoms with van der Waals surface area (Å²) in [6.07, 6.45) is 3.02. The van der Waals surface area contributed by atoms with E-state index in [4.69, 9.17) is 26.4 Å². The number of carboxylic acids is 2. The maximum Gasteiger partial charge on any atom is 0.335 e. The van der Waals surface area contributed by atoms with E-state index < -0.39 is 23.8 Å². The number of ether oxygens (including phenoxy) is 1. The molecule has 16 heteroatoms. The second-order valence-corrected chi connectivity index (χ2v) is 13.2. The Balaban J connectivity index is 1.08. The maximum atomic E-state index is 14.4. The zero-order chi connectivity index (χ0) is 35.1. The van der Waals surface area contributed by atoms with Crippen LogP contribution in [0.4, 0.5) is 15.0 Å². The standard InChI is InChI=1S/C34H29ClFN7O6S/c1-18-2-5-22(23(35)12-18)29-28(33(46)47)25(39-30(40-29)31-37-8-11-50-31)17-41-9-10-42-20(15-41)16-43(34(42)48)27-7-4-21(14-38-27)49-26-6-3-19(32(44)45)13-24(26)36/h2-8,11-14,20,29H,9-10,15-17H2,1H3,(H,39,40)(H,44,45)(H,46,47)/t20-,29-/m0/s1. The summed E-state index contributed by atoms with van der Waals surface area (Å²) >= 11 is 8.02. The number of aromatic carboxylic acids is 1. The second-order valence-electron chi connectivity index (χ2n) is 11.9. The highest BCUT2D eigenvalue weighted by Crippen LogP contribution is 2.37. The molecule has 2 fully saturated rings. The number of hydrogen-bond donors (Lipinski definition) is 3. The molecule has 7 rings (SSSR count). The lowest BCUT2D eigenvalue weighted by Gasteiger charge is -2.37. The highest BCUT2D eigenvalue weighted by molar-refractivity contribution is 7.11. The monoisotopic (exact) mass is 717 g/mol. The molecule has 4 aromatic rings. The van der Waals surface area contributed by atoms with Crippen molar-refractivity contribution in [3.63, 3.8) is 0 Å². The van der Waals surface area contributed by atoms with Gasteiger partial charge in [-0.05, 0) is 48.9 Å². The van der Waals surface area contributed by atoms with Gasteiger partial charge in [-0.1, -0.05) is 23.7 Å². The van der Waals surface area contributed by atoms with Gasteiger partial charge in [0.25, 0.3) is 0 Å². The van der Waals surface area contributed by atoms with Crippen molar-refractivity contribution in [1.82, 2.24) is 25.1 Å². The Kier molecular flexibility index (Phi) is 8.94. The van der Waals surface area contributed by atoms with Gasteiger partial charge in [-0.25, -0.2) is 28.7 Å². The summed E-state index contributed by atoms with van der Waals surface area (Å²) in [5, 5.41) is 25.6. The van der Waals surface area contributed by atoms with Gasteiger partial charge in [-0.2, -0.15) is 0 Å². The van der Waals surface area contributed by atoms with Crippen molar-refractivity contribution in [1.29, 1.82) is 0 Å². The molecule has 3 N–H and O–H groups in total. The third-order valence-electron chi connectivity index (χ3n) is 8.66. The first-order valence-electron chi connectivity index (χ1n) is 15.5. The molecule has 13 nitrogen and oxygen atoms in total. The van der Waals surface area contributed by atoms with Crippen LogP contribution in [0.5, 0.6) is 11.5 Å². The van der Waals surface area contributed by atoms with E-state index in [1.807, 2.05) is 18.4 Å². The Morgan fingerprint density at radius 3 is 2.60 bits per heavy atom. The Hall–Kier alpha value is -5.38. The van der Waals surface area contributed by atoms with Gasteiger partial charge in [0.1, 0.15) is 17.6 Å². The number of nitrogens with one attached hydrogen (secondary N) is 1. The lowest BCUT2D eigenvalue weighted by Crippen LogP contribution is -2.53. The first-order chi connectivity index (χ1) is 24.0. The number of fused-ring (bicyclic) bond motifs is 1. The van der Waals surface area contributed by atoms with Crippen molar-refractivity contribution in [2.24, 2.45) is 4.99 Å². The molecular formula is C34H29ClFN7O6S. The SMILES string of the molecule is Cc1ccc([C@@H]2N=C(c3nccs3)NC(CN3CCN4C(=O)N(c5ccc(Oc6ccc(C(=O)O)cc6F)cn5)C[C@@H]4C3)=C2C(=O)O)c(Cl)c1. The summed E-state index contributed by atoms with van der Waals surface area (Å²) in [7, 11) is 0. The number of carboxylic acid groups (broad SMARTS) is 2. The lowest BCUT2D eigenvalue weighted by atomic mass is 9.94. The predicted molar refractivity (Wildman–Crippen MR) is 183 cm³/mol. The molecule has 2 aromatic heterocycles. The molecule has 256 valence electrons. The summed E-state index contributed by atoms with van der Waals surface area (Å²) < 4.78 is 19.9. The van der Waals surface area contributed by atoms with E-state index in [0.717, 1.165) is 11.6 Å². The molecule has 0 spiro atoms. The van der Waals surface area contributed by atoms with E-state index in [1.54, 1.807) is 40.3 Å². The molecule has 3 aliphatic heterocycles. The Bertz CT molecular complexity index is 2060. The van der Waals surface area contributed by atoms with E-state index in [9.17, 15) is 23.9 Å². The van der Waals surface area contributed by atoms with Crippen molar-refractivity contribution >= 4 is 52.6 Å². The van der Waals surface area contributed by atoms with E-state index in [-0.39, 0.29) is 41.3 Å². The number of amides is 2. The van der Waals surface area contributed by atoms with Crippen LogP contribution < -0.4 is 15.0 Å². The van der Waals surface area contributed by atoms with Crippen molar-refractivity contribution in [2.75, 3.05) is 37.6 Å². The van der Waals surface area contributed by atoms with Crippen LogP contribution in [0.3, 0.4) is 0 Å². The van der Waals surface area contributed by atoms with Crippen molar-refractivity contribution < 1.29 is 33.7 Å². The Morgan fingerprint density at radius 1 is 1.08 bits per heavy atom. The first kappa shape index (κ1) is 33.1. The third-order valence-corrected chi connectivity index (χ3v) is 9.77. The molecule has 0 radical (unpaired) electrons. The third kappa shape index (κ3) is 6.49. The number of nitrogens with zero attached hydrogens (tertiary/aromatic N) is 6. The first-order valence-corrected chi connectivity index (χ1v) is 16.8. The molecule has 0 unspecified atom stereocenters. The quantitative estimate of drug-likeness (QED) is 0.210. The highest BCUT2D eigenvalue weighted by atomic mass is 35.5. The zero-order valence-electron chi connectivity index (χ0n) is 26.4. The van der Waals surface area contributed by atoms with Crippen LogP contribution in [0, 0.1) is 12.7 Å². The minimum absolute atomic E-state index is 0.0897. The van der Waals surface area contributed by atoms with Crippen LogP contribution in [0.1, 0.15) is 32.5 Å². The molecule has 0 saturated carbocycles. The van der Waals surface area contributed by atoms with Gasteiger partial charge >= 0.3 is 18.0 Å². The Labute approximate surface area is 293 Å². The number of halogens is 2. The molecule has 5 heterocycles. The summed E-state index contributed by atoms with van der Waals surface area (Å²) in [5.74, 6) is -2.31. The van der Waals surface area contributed by atoms with Crippen LogP contribution in [0.25, 0.3) is 0 Å². The fourth-order valence-electron chi connectivity index (χ4n) is 6.27. The van der Waals surface area contributed by atoms with E-state index >= 15 is 0 Å². The zero-order valence-corrected chi connectivity index (χ0v) is 28.0. The molecule has 2 amide bonds. The fourth-order valence-corrected chi connectivity index (χ4v) is 7.19. The smallest absolute Gasteiger partial charge is 0.335 e. The average molecular weight is 718 g/mol. The van der Waals surface area contributed by atoms with Crippen LogP contribution in [-0.4, -0.2) is 92.6 Å². The summed E-state index contributed by atoms with van der Waals surface area (Å²) in [6.45, 7) is 3.92. The van der Waals surface area contributed by atoms with Crippen LogP contribution in [0.15, 0.2) is 82.6 Å². The number of carbonyl (C=O) groups is 3. The van der Waals surface area contributed by atoms with Gasteiger partial charge < -0.3 is 25.2 Å². The number of urea groups is 1. The molecule has 0 aliphatic carbocycles. The van der Waals surface area contributed by atoms with Crippen molar-refractivity contribution in [3.8, 4) is 11.5 Å². The van der Waals surface area contributed by atoms with Gasteiger partial charge in [0, 0.05) is 54.0 Å². The number of rotatable bonds is 9. The summed E-state index contributed by atoms with van der Waals surface area (Å²) in [5.41, 5.74) is 1.88. The molecule has 2 aromatic carbocycles. The summed E-state index contributed by atoms with van der Waals surface area (Å²) in [4.78, 5) is 56.3. The van der Waals surface area contributed by atoms with Gasteiger partial charge in [0.2, 0.25) is 0 Å². The molecule has 2 saturated heterocycles. The molecule has 50 heavy (non-hydrogen) atoms. The Morgan fingerprint density at radius 2 is 1.92 bits per heavy atom. The van der Waals surface area contributed by atoms with Gasteiger partial charge in [-0.15, -0.1) is 11.3 Å². The lowest BCUT2D eigenvalue weighted by molar-refractivity contribution is -0.133. The van der Waals surface area contributed by atoms with Crippen LogP contribution in [0.2, 0.25) is 5.02 Å². The van der Waals surface area contributed by atoms with Crippen molar-refractivity contribution in [2.45, 2.75) is 19.0 Å². The average Bonchev–Trinajstić information content (AvgIpc) is 3.74. The van der Waals surface area contributed by atoms with Gasteiger partial charge in [0.15, 0.2) is 22.4 Å². The van der Waals surface area contributed by atoms with Gasteiger partial charge in [0.05, 0.1) is 29.9 Å². The number of anilines is 1. The minimum atomic E-state index is -1.25. The van der Waals surface area contributed by atoms with Gasteiger partial charge in [-0.3, -0.25) is 14.8 Å². The number of amidine groups is 1. The van der Waals surface area contributed by atoms with E-state index in [0.29, 0.717) is 59.1 Å². The number of aryl methyl sites for hydroxylation is 1. The number of piperazine rings is 1.